The fraction of sp³-hybridized carbons (Fsp3) is 0.571. The van der Waals surface area contributed by atoms with Gasteiger partial charge in [0.2, 0.25) is 5.91 Å². The van der Waals surface area contributed by atoms with E-state index >= 15 is 0 Å². The van der Waals surface area contributed by atoms with Gasteiger partial charge in [0, 0.05) is 24.6 Å². The number of anilines is 1. The normalized spacial score (nSPS) is 18.1. The van der Waals surface area contributed by atoms with E-state index in [4.69, 9.17) is 4.74 Å². The Kier molecular flexibility index (Phi) is 6.48. The molecule has 1 fully saturated rings. The summed E-state index contributed by atoms with van der Waals surface area (Å²) >= 11 is 0. The third-order valence-corrected chi connectivity index (χ3v) is 5.34. The van der Waals surface area contributed by atoms with Crippen molar-refractivity contribution in [3.63, 3.8) is 0 Å². The average Bonchev–Trinajstić information content (AvgIpc) is 2.62. The highest BCUT2D eigenvalue weighted by Gasteiger charge is 2.27. The highest BCUT2D eigenvalue weighted by atomic mass is 16.5. The fourth-order valence-corrected chi connectivity index (χ4v) is 3.78. The van der Waals surface area contributed by atoms with Gasteiger partial charge in [-0.1, -0.05) is 32.1 Å². The number of hydrogen-bond donors (Lipinski definition) is 1. The molecular weight excluding hydrogens is 344 g/mol. The Morgan fingerprint density at radius 2 is 1.85 bits per heavy atom. The molecule has 1 aliphatic carbocycles. The number of carbonyl (C=O) groups excluding carboxylic acids is 3. The number of nitrogens with zero attached hydrogens (tertiary/aromatic N) is 1. The molecule has 3 rings (SSSR count). The van der Waals surface area contributed by atoms with E-state index in [9.17, 15) is 14.4 Å². The van der Waals surface area contributed by atoms with Crippen molar-refractivity contribution >= 4 is 23.3 Å². The lowest BCUT2D eigenvalue weighted by Crippen LogP contribution is -2.42. The number of amides is 2. The first-order valence-electron chi connectivity index (χ1n) is 9.92. The van der Waals surface area contributed by atoms with Crippen LogP contribution in [0, 0.1) is 0 Å². The van der Waals surface area contributed by atoms with E-state index in [1.165, 1.54) is 26.2 Å². The molecule has 0 bridgehead atoms. The van der Waals surface area contributed by atoms with Gasteiger partial charge in [-0.05, 0) is 38.0 Å². The number of benzene rings is 1. The number of fused-ring (bicyclic) bond motifs is 1. The van der Waals surface area contributed by atoms with E-state index in [-0.39, 0.29) is 43.2 Å². The second-order valence-corrected chi connectivity index (χ2v) is 7.43. The van der Waals surface area contributed by atoms with Crippen LogP contribution >= 0.6 is 0 Å². The summed E-state index contributed by atoms with van der Waals surface area (Å²) in [5, 5.41) is 3.13. The molecule has 146 valence electrons. The topological polar surface area (TPSA) is 75.7 Å². The molecule has 0 saturated heterocycles. The van der Waals surface area contributed by atoms with Gasteiger partial charge in [0.25, 0.3) is 5.91 Å². The van der Waals surface area contributed by atoms with E-state index < -0.39 is 0 Å². The van der Waals surface area contributed by atoms with E-state index in [0.29, 0.717) is 17.0 Å². The lowest BCUT2D eigenvalue weighted by molar-refractivity contribution is -0.122. The lowest BCUT2D eigenvalue weighted by atomic mass is 9.96. The molecule has 1 heterocycles. The van der Waals surface area contributed by atoms with Gasteiger partial charge in [-0.2, -0.15) is 0 Å². The first-order valence-corrected chi connectivity index (χ1v) is 9.92. The Balaban J connectivity index is 1.61. The summed E-state index contributed by atoms with van der Waals surface area (Å²) in [5.41, 5.74) is 1.09. The van der Waals surface area contributed by atoms with Crippen molar-refractivity contribution in [2.75, 3.05) is 18.1 Å². The lowest BCUT2D eigenvalue weighted by Gasteiger charge is -2.30. The Morgan fingerprint density at radius 1 is 1.15 bits per heavy atom. The van der Waals surface area contributed by atoms with Crippen LogP contribution in [0.4, 0.5) is 5.69 Å². The van der Waals surface area contributed by atoms with Gasteiger partial charge < -0.3 is 15.0 Å². The molecule has 1 N–H and O–H groups in total. The van der Waals surface area contributed by atoms with Crippen molar-refractivity contribution < 1.29 is 19.1 Å². The summed E-state index contributed by atoms with van der Waals surface area (Å²) in [6, 6.07) is 5.31. The molecule has 0 aromatic heterocycles. The van der Waals surface area contributed by atoms with Crippen molar-refractivity contribution in [2.45, 2.75) is 64.3 Å². The van der Waals surface area contributed by atoms with Crippen molar-refractivity contribution in [3.8, 4) is 5.75 Å². The van der Waals surface area contributed by atoms with Gasteiger partial charge in [-0.15, -0.1) is 0 Å². The maximum Gasteiger partial charge on any atom is 0.265 e. The van der Waals surface area contributed by atoms with Gasteiger partial charge in [0.1, 0.15) is 5.75 Å². The third-order valence-electron chi connectivity index (χ3n) is 5.34. The summed E-state index contributed by atoms with van der Waals surface area (Å²) in [6.07, 6.45) is 8.41. The van der Waals surface area contributed by atoms with Crippen LogP contribution in [0.25, 0.3) is 0 Å². The standard InChI is InChI=1S/C21H28N2O4/c1-15(24)16-9-10-19-18(13-16)23(21(26)14-27-19)12-11-20(25)22-17-7-5-3-2-4-6-8-17/h9-10,13,17H,2-8,11-12,14H2,1H3,(H,22,25). The highest BCUT2D eigenvalue weighted by Crippen LogP contribution is 2.33. The Hall–Kier alpha value is -2.37. The highest BCUT2D eigenvalue weighted by molar-refractivity contribution is 6.01. The Morgan fingerprint density at radius 3 is 2.56 bits per heavy atom. The molecule has 0 spiro atoms. The first kappa shape index (κ1) is 19.4. The Bertz CT molecular complexity index is 708. The van der Waals surface area contributed by atoms with Crippen molar-refractivity contribution in [1.82, 2.24) is 5.32 Å². The summed E-state index contributed by atoms with van der Waals surface area (Å²) in [6.45, 7) is 1.73. The molecule has 2 aliphatic rings. The van der Waals surface area contributed by atoms with Crippen molar-refractivity contribution in [1.29, 1.82) is 0 Å². The maximum atomic E-state index is 12.4. The number of hydrogen-bond acceptors (Lipinski definition) is 4. The van der Waals surface area contributed by atoms with Crippen LogP contribution in [0.3, 0.4) is 0 Å². The van der Waals surface area contributed by atoms with E-state index in [1.54, 1.807) is 23.1 Å². The number of ketones is 1. The molecule has 0 atom stereocenters. The molecule has 0 radical (unpaired) electrons. The quantitative estimate of drug-likeness (QED) is 0.805. The average molecular weight is 372 g/mol. The molecule has 0 unspecified atom stereocenters. The SMILES string of the molecule is CC(=O)c1ccc2c(c1)N(CCC(=O)NC1CCCCCCC1)C(=O)CO2. The van der Waals surface area contributed by atoms with Crippen LogP contribution in [0.15, 0.2) is 18.2 Å². The Labute approximate surface area is 160 Å². The van der Waals surface area contributed by atoms with E-state index in [0.717, 1.165) is 25.7 Å². The second-order valence-electron chi connectivity index (χ2n) is 7.43. The van der Waals surface area contributed by atoms with Gasteiger partial charge in [-0.3, -0.25) is 14.4 Å². The summed E-state index contributed by atoms with van der Waals surface area (Å²) in [5.74, 6) is 0.281. The van der Waals surface area contributed by atoms with Gasteiger partial charge in [0.15, 0.2) is 12.4 Å². The first-order chi connectivity index (χ1) is 13.0. The minimum Gasteiger partial charge on any atom is -0.482 e. The molecular formula is C21H28N2O4. The van der Waals surface area contributed by atoms with Crippen LogP contribution in [0.1, 0.15) is 68.6 Å². The maximum absolute atomic E-state index is 12.4. The molecule has 1 aromatic carbocycles. The molecule has 1 aromatic rings. The van der Waals surface area contributed by atoms with E-state index in [2.05, 4.69) is 5.32 Å². The van der Waals surface area contributed by atoms with Crippen LogP contribution in [0.5, 0.6) is 5.75 Å². The van der Waals surface area contributed by atoms with Crippen LogP contribution in [-0.2, 0) is 9.59 Å². The van der Waals surface area contributed by atoms with Crippen molar-refractivity contribution in [3.05, 3.63) is 23.8 Å². The summed E-state index contributed by atoms with van der Waals surface area (Å²) < 4.78 is 5.45. The molecule has 6 nitrogen and oxygen atoms in total. The number of Topliss-reactive ketones (excluding diaryl/α,β-unsaturated/α-hetero) is 1. The van der Waals surface area contributed by atoms with Gasteiger partial charge >= 0.3 is 0 Å². The zero-order valence-corrected chi connectivity index (χ0v) is 16.0. The minimum absolute atomic E-state index is 0.0239. The third kappa shape index (κ3) is 5.08. The van der Waals surface area contributed by atoms with Crippen LogP contribution < -0.4 is 15.0 Å². The number of rotatable bonds is 5. The zero-order valence-electron chi connectivity index (χ0n) is 16.0. The summed E-state index contributed by atoms with van der Waals surface area (Å²) in [4.78, 5) is 37.9. The fourth-order valence-electron chi connectivity index (χ4n) is 3.78. The number of nitrogens with one attached hydrogen (secondary N) is 1. The smallest absolute Gasteiger partial charge is 0.265 e. The molecule has 2 amide bonds. The predicted octanol–water partition coefficient (Wildman–Crippen LogP) is 3.23. The molecule has 27 heavy (non-hydrogen) atoms. The molecule has 1 saturated carbocycles. The molecule has 6 heteroatoms. The zero-order chi connectivity index (χ0) is 19.2. The van der Waals surface area contributed by atoms with Gasteiger partial charge in [-0.25, -0.2) is 0 Å². The number of carbonyl (C=O) groups is 3. The predicted molar refractivity (Wildman–Crippen MR) is 103 cm³/mol. The van der Waals surface area contributed by atoms with Gasteiger partial charge in [0.05, 0.1) is 5.69 Å². The largest absolute Gasteiger partial charge is 0.482 e. The van der Waals surface area contributed by atoms with E-state index in [1.807, 2.05) is 0 Å². The summed E-state index contributed by atoms with van der Waals surface area (Å²) in [7, 11) is 0. The second kappa shape index (κ2) is 9.02. The molecule has 1 aliphatic heterocycles. The van der Waals surface area contributed by atoms with Crippen molar-refractivity contribution in [2.24, 2.45) is 0 Å². The monoisotopic (exact) mass is 372 g/mol. The van der Waals surface area contributed by atoms with Crippen LogP contribution in [-0.4, -0.2) is 36.8 Å². The minimum atomic E-state index is -0.193. The van der Waals surface area contributed by atoms with Crippen LogP contribution in [0.2, 0.25) is 0 Å². The number of ether oxygens (including phenoxy) is 1.